The van der Waals surface area contributed by atoms with E-state index in [4.69, 9.17) is 4.74 Å². The molecule has 2 aromatic heterocycles. The van der Waals surface area contributed by atoms with E-state index in [9.17, 15) is 9.18 Å². The van der Waals surface area contributed by atoms with Gasteiger partial charge >= 0.3 is 0 Å². The first kappa shape index (κ1) is 21.0. The molecule has 1 saturated heterocycles. The molecule has 4 aromatic rings. The molecular weight excluding hydrogens is 425 g/mol. The monoisotopic (exact) mass is 447 g/mol. The maximum Gasteiger partial charge on any atom is 0.238 e. The molecule has 168 valence electrons. The van der Waals surface area contributed by atoms with E-state index in [2.05, 4.69) is 31.5 Å². The lowest BCUT2D eigenvalue weighted by Crippen LogP contribution is -2.44. The Kier molecular flexibility index (Phi) is 5.92. The normalized spacial score (nSPS) is 17.8. The summed E-state index contributed by atoms with van der Waals surface area (Å²) in [5.74, 6) is 0.296. The third-order valence-corrected chi connectivity index (χ3v) is 5.39. The summed E-state index contributed by atoms with van der Waals surface area (Å²) in [6, 6.07) is 19.2. The van der Waals surface area contributed by atoms with Gasteiger partial charge in [-0.1, -0.05) is 42.5 Å². The van der Waals surface area contributed by atoms with E-state index in [1.807, 2.05) is 30.3 Å². The number of ether oxygens (including phenoxy) is 1. The zero-order chi connectivity index (χ0) is 22.6. The van der Waals surface area contributed by atoms with Crippen LogP contribution >= 0.6 is 0 Å². The standard InChI is InChI=1S/C23H22FN7O2/c24-17-8-4-7-16(13-17)22-29-28-20-9-10-21(30-31(20)22)33-12-11-25-23(32)19-14-18(26-27-19)15-5-2-1-3-6-15/h1-10,13,18-19,26-27H,11-12,14H2,(H,25,32). The molecular formula is C23H22FN7O2. The minimum atomic E-state index is -0.366. The molecule has 1 amide bonds. The van der Waals surface area contributed by atoms with E-state index < -0.39 is 0 Å². The van der Waals surface area contributed by atoms with Crippen molar-refractivity contribution in [3.63, 3.8) is 0 Å². The van der Waals surface area contributed by atoms with Crippen LogP contribution in [0.1, 0.15) is 18.0 Å². The summed E-state index contributed by atoms with van der Waals surface area (Å²) in [6.45, 7) is 0.565. The number of halogens is 1. The average Bonchev–Trinajstić information content (AvgIpc) is 3.50. The van der Waals surface area contributed by atoms with Crippen LogP contribution in [0.2, 0.25) is 0 Å². The summed E-state index contributed by atoms with van der Waals surface area (Å²) in [7, 11) is 0. The number of hydrazine groups is 1. The van der Waals surface area contributed by atoms with Crippen molar-refractivity contribution >= 4 is 11.6 Å². The Morgan fingerprint density at radius 3 is 2.82 bits per heavy atom. The van der Waals surface area contributed by atoms with Crippen molar-refractivity contribution in [2.45, 2.75) is 18.5 Å². The van der Waals surface area contributed by atoms with Gasteiger partial charge in [-0.25, -0.2) is 15.2 Å². The number of rotatable bonds is 7. The minimum Gasteiger partial charge on any atom is -0.475 e. The molecule has 0 radical (unpaired) electrons. The maximum absolute atomic E-state index is 13.6. The van der Waals surface area contributed by atoms with Gasteiger partial charge in [-0.05, 0) is 30.2 Å². The molecule has 1 aliphatic heterocycles. The van der Waals surface area contributed by atoms with Crippen LogP contribution in [0.4, 0.5) is 4.39 Å². The van der Waals surface area contributed by atoms with Crippen LogP contribution in [-0.2, 0) is 4.79 Å². The van der Waals surface area contributed by atoms with E-state index in [0.717, 1.165) is 5.56 Å². The van der Waals surface area contributed by atoms with E-state index in [0.29, 0.717) is 35.9 Å². The van der Waals surface area contributed by atoms with Crippen molar-refractivity contribution in [2.75, 3.05) is 13.2 Å². The molecule has 2 aromatic carbocycles. The van der Waals surface area contributed by atoms with Crippen LogP contribution < -0.4 is 20.9 Å². The highest BCUT2D eigenvalue weighted by Gasteiger charge is 2.29. The second-order valence-electron chi connectivity index (χ2n) is 7.66. The predicted octanol–water partition coefficient (Wildman–Crippen LogP) is 2.03. The topological polar surface area (TPSA) is 105 Å². The van der Waals surface area contributed by atoms with Crippen LogP contribution in [0.5, 0.6) is 5.88 Å². The highest BCUT2D eigenvalue weighted by Crippen LogP contribution is 2.22. The fourth-order valence-corrected chi connectivity index (χ4v) is 3.74. The number of benzene rings is 2. The zero-order valence-corrected chi connectivity index (χ0v) is 17.6. The van der Waals surface area contributed by atoms with Gasteiger partial charge in [0.1, 0.15) is 18.5 Å². The maximum atomic E-state index is 13.6. The average molecular weight is 447 g/mol. The van der Waals surface area contributed by atoms with E-state index in [1.54, 1.807) is 24.3 Å². The van der Waals surface area contributed by atoms with Crippen molar-refractivity contribution in [3.8, 4) is 17.3 Å². The molecule has 1 aliphatic rings. The van der Waals surface area contributed by atoms with E-state index in [1.165, 1.54) is 16.6 Å². The summed E-state index contributed by atoms with van der Waals surface area (Å²) < 4.78 is 20.8. The Bertz CT molecular complexity index is 1260. The second kappa shape index (κ2) is 9.31. The fraction of sp³-hybridized carbons (Fsp3) is 0.217. The van der Waals surface area contributed by atoms with Crippen LogP contribution in [0.15, 0.2) is 66.7 Å². The predicted molar refractivity (Wildman–Crippen MR) is 119 cm³/mol. The van der Waals surface area contributed by atoms with Crippen LogP contribution in [-0.4, -0.2) is 44.9 Å². The molecule has 3 heterocycles. The number of aromatic nitrogens is 4. The van der Waals surface area contributed by atoms with Gasteiger partial charge in [-0.15, -0.1) is 15.3 Å². The number of amides is 1. The summed E-state index contributed by atoms with van der Waals surface area (Å²) >= 11 is 0. The Hall–Kier alpha value is -3.89. The first-order chi connectivity index (χ1) is 16.2. The molecule has 5 rings (SSSR count). The molecule has 9 nitrogen and oxygen atoms in total. The Morgan fingerprint density at radius 1 is 1.09 bits per heavy atom. The van der Waals surface area contributed by atoms with Gasteiger partial charge < -0.3 is 10.1 Å². The first-order valence-electron chi connectivity index (χ1n) is 10.6. The summed E-state index contributed by atoms with van der Waals surface area (Å²) in [5.41, 5.74) is 8.43. The zero-order valence-electron chi connectivity index (χ0n) is 17.6. The number of hydrogen-bond donors (Lipinski definition) is 3. The molecule has 0 saturated carbocycles. The van der Waals surface area contributed by atoms with Gasteiger partial charge in [0.05, 0.1) is 6.54 Å². The number of carbonyl (C=O) groups excluding carboxylic acids is 1. The fourth-order valence-electron chi connectivity index (χ4n) is 3.74. The summed E-state index contributed by atoms with van der Waals surface area (Å²) in [4.78, 5) is 12.5. The third-order valence-electron chi connectivity index (χ3n) is 5.39. The van der Waals surface area contributed by atoms with Gasteiger partial charge in [-0.2, -0.15) is 4.52 Å². The number of carbonyl (C=O) groups is 1. The third kappa shape index (κ3) is 4.66. The smallest absolute Gasteiger partial charge is 0.238 e. The van der Waals surface area contributed by atoms with Gasteiger partial charge in [0.15, 0.2) is 11.5 Å². The highest BCUT2D eigenvalue weighted by molar-refractivity contribution is 5.82. The summed E-state index contributed by atoms with van der Waals surface area (Å²) in [5, 5.41) is 15.4. The lowest BCUT2D eigenvalue weighted by molar-refractivity contribution is -0.123. The quantitative estimate of drug-likeness (QED) is 0.372. The van der Waals surface area contributed by atoms with Crippen LogP contribution in [0.3, 0.4) is 0 Å². The van der Waals surface area contributed by atoms with E-state index >= 15 is 0 Å². The number of hydrogen-bond acceptors (Lipinski definition) is 7. The lowest BCUT2D eigenvalue weighted by Gasteiger charge is -2.11. The van der Waals surface area contributed by atoms with Crippen molar-refractivity contribution in [1.82, 2.24) is 36.0 Å². The van der Waals surface area contributed by atoms with Crippen molar-refractivity contribution in [2.24, 2.45) is 0 Å². The Labute approximate surface area is 189 Å². The van der Waals surface area contributed by atoms with E-state index in [-0.39, 0.29) is 30.4 Å². The highest BCUT2D eigenvalue weighted by atomic mass is 19.1. The largest absolute Gasteiger partial charge is 0.475 e. The SMILES string of the molecule is O=C(NCCOc1ccc2nnc(-c3cccc(F)c3)n2n1)C1CC(c2ccccc2)NN1. The summed E-state index contributed by atoms with van der Waals surface area (Å²) in [6.07, 6.45) is 0.658. The molecule has 3 N–H and O–H groups in total. The van der Waals surface area contributed by atoms with Gasteiger partial charge in [0.2, 0.25) is 11.8 Å². The molecule has 1 fully saturated rings. The Balaban J connectivity index is 1.15. The number of nitrogens with zero attached hydrogens (tertiary/aromatic N) is 4. The molecule has 2 atom stereocenters. The molecule has 0 aliphatic carbocycles. The van der Waals surface area contributed by atoms with Gasteiger partial charge in [0.25, 0.3) is 0 Å². The van der Waals surface area contributed by atoms with Gasteiger partial charge in [0, 0.05) is 17.7 Å². The lowest BCUT2D eigenvalue weighted by atomic mass is 10.0. The molecule has 0 bridgehead atoms. The molecule has 2 unspecified atom stereocenters. The molecule has 0 spiro atoms. The van der Waals surface area contributed by atoms with Gasteiger partial charge in [-0.3, -0.25) is 4.79 Å². The Morgan fingerprint density at radius 2 is 1.97 bits per heavy atom. The first-order valence-corrected chi connectivity index (χ1v) is 10.6. The number of nitrogens with one attached hydrogen (secondary N) is 3. The van der Waals surface area contributed by atoms with Crippen LogP contribution in [0.25, 0.3) is 17.0 Å². The van der Waals surface area contributed by atoms with Crippen LogP contribution in [0, 0.1) is 5.82 Å². The minimum absolute atomic E-state index is 0.0882. The number of fused-ring (bicyclic) bond motifs is 1. The van der Waals surface area contributed by atoms with Crippen molar-refractivity contribution in [3.05, 3.63) is 78.1 Å². The molecule has 10 heteroatoms. The van der Waals surface area contributed by atoms with Crippen molar-refractivity contribution < 1.29 is 13.9 Å². The second-order valence-corrected chi connectivity index (χ2v) is 7.66. The van der Waals surface area contributed by atoms with Crippen molar-refractivity contribution in [1.29, 1.82) is 0 Å². The molecule has 33 heavy (non-hydrogen) atoms.